The highest BCUT2D eigenvalue weighted by atomic mass is 16.5. The molecule has 146 valence electrons. The minimum absolute atomic E-state index is 0.200. The number of anilines is 1. The van der Waals surface area contributed by atoms with Crippen LogP contribution in [0.4, 0.5) is 5.69 Å². The fourth-order valence-corrected chi connectivity index (χ4v) is 2.55. The van der Waals surface area contributed by atoms with Gasteiger partial charge in [-0.25, -0.2) is 9.67 Å². The van der Waals surface area contributed by atoms with Gasteiger partial charge in [0.1, 0.15) is 12.7 Å². The van der Waals surface area contributed by atoms with E-state index >= 15 is 0 Å². The molecule has 2 aromatic carbocycles. The van der Waals surface area contributed by atoms with Gasteiger partial charge in [0.05, 0.1) is 18.9 Å². The van der Waals surface area contributed by atoms with Crippen LogP contribution < -0.4 is 14.8 Å². The number of nitrogens with one attached hydrogen (secondary N) is 1. The monoisotopic (exact) mass is 380 g/mol. The van der Waals surface area contributed by atoms with Crippen LogP contribution in [0.2, 0.25) is 0 Å². The number of carbonyl (C=O) groups is 1. The Morgan fingerprint density at radius 3 is 2.36 bits per heavy atom. The van der Waals surface area contributed by atoms with Crippen LogP contribution in [-0.4, -0.2) is 33.9 Å². The minimum atomic E-state index is -0.200. The third kappa shape index (κ3) is 4.88. The Labute approximate surface area is 164 Å². The van der Waals surface area contributed by atoms with E-state index in [0.29, 0.717) is 36.0 Å². The van der Waals surface area contributed by atoms with Crippen molar-refractivity contribution in [3.05, 3.63) is 60.7 Å². The number of nitrogens with zero attached hydrogens (tertiary/aromatic N) is 3. The molecule has 0 aliphatic rings. The largest absolute Gasteiger partial charge is 0.490 e. The van der Waals surface area contributed by atoms with E-state index in [-0.39, 0.29) is 5.91 Å². The molecule has 0 saturated carbocycles. The molecule has 0 bridgehead atoms. The van der Waals surface area contributed by atoms with Crippen LogP contribution in [0.3, 0.4) is 0 Å². The molecule has 3 rings (SSSR count). The lowest BCUT2D eigenvalue weighted by Gasteiger charge is -2.14. The summed E-state index contributed by atoms with van der Waals surface area (Å²) >= 11 is 0. The third-order valence-electron chi connectivity index (χ3n) is 3.94. The van der Waals surface area contributed by atoms with Gasteiger partial charge in [-0.1, -0.05) is 13.8 Å². The average molecular weight is 380 g/mol. The molecule has 1 N–H and O–H groups in total. The van der Waals surface area contributed by atoms with Gasteiger partial charge in [-0.3, -0.25) is 4.79 Å². The summed E-state index contributed by atoms with van der Waals surface area (Å²) in [6.07, 6.45) is 4.87. The topological polar surface area (TPSA) is 78.3 Å². The molecule has 0 aliphatic carbocycles. The number of carbonyl (C=O) groups excluding carboxylic acids is 1. The number of ether oxygens (including phenoxy) is 2. The maximum absolute atomic E-state index is 12.6. The summed E-state index contributed by atoms with van der Waals surface area (Å²) in [4.78, 5) is 16.5. The Morgan fingerprint density at radius 1 is 1.00 bits per heavy atom. The maximum Gasteiger partial charge on any atom is 0.255 e. The molecule has 1 aromatic heterocycles. The van der Waals surface area contributed by atoms with E-state index in [1.165, 1.54) is 6.33 Å². The smallest absolute Gasteiger partial charge is 0.255 e. The first kappa shape index (κ1) is 19.4. The number of rotatable bonds is 9. The molecule has 0 aliphatic heterocycles. The van der Waals surface area contributed by atoms with Gasteiger partial charge in [0.15, 0.2) is 11.5 Å². The summed E-state index contributed by atoms with van der Waals surface area (Å²) in [5.74, 6) is 1.12. The second kappa shape index (κ2) is 9.55. The van der Waals surface area contributed by atoms with Gasteiger partial charge in [0.2, 0.25) is 0 Å². The summed E-state index contributed by atoms with van der Waals surface area (Å²) < 4.78 is 13.1. The van der Waals surface area contributed by atoms with E-state index in [1.54, 1.807) is 29.2 Å². The predicted octanol–water partition coefficient (Wildman–Crippen LogP) is 4.10. The van der Waals surface area contributed by atoms with Crippen molar-refractivity contribution in [1.82, 2.24) is 14.8 Å². The second-order valence-corrected chi connectivity index (χ2v) is 6.20. The molecule has 0 spiro atoms. The predicted molar refractivity (Wildman–Crippen MR) is 107 cm³/mol. The summed E-state index contributed by atoms with van der Waals surface area (Å²) in [7, 11) is 0. The standard InChI is InChI=1S/C21H24N4O3/c1-3-11-27-19-10-7-17(13-20(19)28-12-4-2)24-21(26)16-5-8-18(9-6-16)25-15-22-14-23-25/h5-10,13-15H,3-4,11-12H2,1-2H3,(H,24,26). The first-order valence-electron chi connectivity index (χ1n) is 9.37. The van der Waals surface area contributed by atoms with Crippen molar-refractivity contribution in [3.8, 4) is 17.2 Å². The van der Waals surface area contributed by atoms with Crippen LogP contribution in [0, 0.1) is 0 Å². The molecule has 1 heterocycles. The molecule has 28 heavy (non-hydrogen) atoms. The zero-order chi connectivity index (χ0) is 19.8. The zero-order valence-electron chi connectivity index (χ0n) is 16.1. The third-order valence-corrected chi connectivity index (χ3v) is 3.94. The van der Waals surface area contributed by atoms with Crippen molar-refractivity contribution in [1.29, 1.82) is 0 Å². The average Bonchev–Trinajstić information content (AvgIpc) is 3.26. The van der Waals surface area contributed by atoms with E-state index in [4.69, 9.17) is 9.47 Å². The molecule has 0 radical (unpaired) electrons. The summed E-state index contributed by atoms with van der Waals surface area (Å²) in [5.41, 5.74) is 2.04. The number of benzene rings is 2. The normalized spacial score (nSPS) is 10.5. The highest BCUT2D eigenvalue weighted by Crippen LogP contribution is 2.31. The van der Waals surface area contributed by atoms with Gasteiger partial charge in [-0.15, -0.1) is 0 Å². The van der Waals surface area contributed by atoms with Crippen molar-refractivity contribution in [2.24, 2.45) is 0 Å². The van der Waals surface area contributed by atoms with Gasteiger partial charge >= 0.3 is 0 Å². The molecule has 3 aromatic rings. The molecule has 0 atom stereocenters. The Kier molecular flexibility index (Phi) is 6.62. The van der Waals surface area contributed by atoms with E-state index < -0.39 is 0 Å². The lowest BCUT2D eigenvalue weighted by Crippen LogP contribution is -2.12. The SMILES string of the molecule is CCCOc1ccc(NC(=O)c2ccc(-n3cncn3)cc2)cc1OCCC. The Morgan fingerprint density at radius 2 is 1.71 bits per heavy atom. The molecule has 0 fully saturated rings. The Bertz CT molecular complexity index is 893. The molecular formula is C21H24N4O3. The van der Waals surface area contributed by atoms with E-state index in [1.807, 2.05) is 31.2 Å². The summed E-state index contributed by atoms with van der Waals surface area (Å²) in [6.45, 7) is 5.30. The van der Waals surface area contributed by atoms with Crippen molar-refractivity contribution in [2.45, 2.75) is 26.7 Å². The van der Waals surface area contributed by atoms with E-state index in [2.05, 4.69) is 22.3 Å². The first-order valence-corrected chi connectivity index (χ1v) is 9.37. The van der Waals surface area contributed by atoms with Crippen LogP contribution in [0.1, 0.15) is 37.0 Å². The second-order valence-electron chi connectivity index (χ2n) is 6.20. The zero-order valence-corrected chi connectivity index (χ0v) is 16.1. The minimum Gasteiger partial charge on any atom is -0.490 e. The Balaban J connectivity index is 1.72. The first-order chi connectivity index (χ1) is 13.7. The van der Waals surface area contributed by atoms with Gasteiger partial charge < -0.3 is 14.8 Å². The molecule has 1 amide bonds. The summed E-state index contributed by atoms with van der Waals surface area (Å²) in [6, 6.07) is 12.6. The lowest BCUT2D eigenvalue weighted by atomic mass is 10.2. The number of hydrogen-bond donors (Lipinski definition) is 1. The highest BCUT2D eigenvalue weighted by Gasteiger charge is 2.11. The molecule has 7 heteroatoms. The van der Waals surface area contributed by atoms with Crippen molar-refractivity contribution >= 4 is 11.6 Å². The number of aromatic nitrogens is 3. The fraction of sp³-hybridized carbons (Fsp3) is 0.286. The quantitative estimate of drug-likeness (QED) is 0.605. The number of hydrogen-bond acceptors (Lipinski definition) is 5. The van der Waals surface area contributed by atoms with Gasteiger partial charge in [0, 0.05) is 17.3 Å². The van der Waals surface area contributed by atoms with Gasteiger partial charge in [-0.2, -0.15) is 5.10 Å². The van der Waals surface area contributed by atoms with Crippen LogP contribution in [-0.2, 0) is 0 Å². The van der Waals surface area contributed by atoms with Gasteiger partial charge in [0.25, 0.3) is 5.91 Å². The molecule has 0 unspecified atom stereocenters. The van der Waals surface area contributed by atoms with Crippen molar-refractivity contribution < 1.29 is 14.3 Å². The van der Waals surface area contributed by atoms with Crippen LogP contribution in [0.5, 0.6) is 11.5 Å². The van der Waals surface area contributed by atoms with Crippen molar-refractivity contribution in [2.75, 3.05) is 18.5 Å². The van der Waals surface area contributed by atoms with Crippen LogP contribution >= 0.6 is 0 Å². The fourth-order valence-electron chi connectivity index (χ4n) is 2.55. The van der Waals surface area contributed by atoms with E-state index in [0.717, 1.165) is 18.5 Å². The molecular weight excluding hydrogens is 356 g/mol. The molecule has 0 saturated heterocycles. The lowest BCUT2D eigenvalue weighted by molar-refractivity contribution is 0.102. The Hall–Kier alpha value is -3.35. The van der Waals surface area contributed by atoms with Crippen LogP contribution in [0.25, 0.3) is 5.69 Å². The highest BCUT2D eigenvalue weighted by molar-refractivity contribution is 6.04. The van der Waals surface area contributed by atoms with Crippen LogP contribution in [0.15, 0.2) is 55.1 Å². The molecule has 7 nitrogen and oxygen atoms in total. The maximum atomic E-state index is 12.6. The summed E-state index contributed by atoms with van der Waals surface area (Å²) in [5, 5.41) is 6.97. The van der Waals surface area contributed by atoms with Gasteiger partial charge in [-0.05, 0) is 49.2 Å². The number of amides is 1. The van der Waals surface area contributed by atoms with Crippen molar-refractivity contribution in [3.63, 3.8) is 0 Å². The van der Waals surface area contributed by atoms with E-state index in [9.17, 15) is 4.79 Å².